The fourth-order valence-electron chi connectivity index (χ4n) is 3.68. The molecule has 3 atom stereocenters. The summed E-state index contributed by atoms with van der Waals surface area (Å²) in [7, 11) is -1.75. The zero-order chi connectivity index (χ0) is 24.4. The van der Waals surface area contributed by atoms with Gasteiger partial charge in [0.2, 0.25) is 5.91 Å². The van der Waals surface area contributed by atoms with E-state index < -0.39 is 56.4 Å². The molecule has 11 nitrogen and oxygen atoms in total. The maximum absolute atomic E-state index is 12.7. The van der Waals surface area contributed by atoms with Crippen LogP contribution < -0.4 is 5.32 Å². The molecule has 0 saturated carbocycles. The molecule has 0 radical (unpaired) electrons. The Labute approximate surface area is 195 Å². The van der Waals surface area contributed by atoms with Crippen LogP contribution in [0.15, 0.2) is 66.1 Å². The number of carbonyl (C=O) groups is 3. The molecule has 34 heavy (non-hydrogen) atoms. The quantitative estimate of drug-likeness (QED) is 0.255. The number of β-lactam (4-membered cyclic amide) rings is 1. The van der Waals surface area contributed by atoms with E-state index in [0.717, 1.165) is 10.5 Å². The number of rotatable bonds is 7. The summed E-state index contributed by atoms with van der Waals surface area (Å²) in [5.41, 5.74) is 0.641. The van der Waals surface area contributed by atoms with Crippen molar-refractivity contribution in [3.8, 4) is 0 Å². The monoisotopic (exact) mass is 485 g/mol. The van der Waals surface area contributed by atoms with Crippen molar-refractivity contribution in [2.45, 2.75) is 24.4 Å². The van der Waals surface area contributed by atoms with E-state index in [-0.39, 0.29) is 24.5 Å². The van der Waals surface area contributed by atoms with Crippen molar-refractivity contribution in [2.24, 2.45) is 0 Å². The minimum Gasteiger partial charge on any atom is -0.509 e. The summed E-state index contributed by atoms with van der Waals surface area (Å²) >= 11 is 0. The second-order valence-corrected chi connectivity index (χ2v) is 9.16. The van der Waals surface area contributed by atoms with Crippen molar-refractivity contribution in [3.63, 3.8) is 0 Å². The third-order valence-electron chi connectivity index (χ3n) is 5.34. The highest BCUT2D eigenvalue weighted by atomic mass is 32.2. The largest absolute Gasteiger partial charge is 0.509 e. The first kappa shape index (κ1) is 23.1. The lowest BCUT2D eigenvalue weighted by Gasteiger charge is -2.48. The average Bonchev–Trinajstić information content (AvgIpc) is 2.81. The van der Waals surface area contributed by atoms with E-state index >= 15 is 0 Å². The topological polar surface area (TPSA) is 156 Å². The van der Waals surface area contributed by atoms with E-state index in [1.807, 2.05) is 0 Å². The highest BCUT2D eigenvalue weighted by molar-refractivity contribution is 7.86. The fourth-order valence-corrected chi connectivity index (χ4v) is 5.19. The highest BCUT2D eigenvalue weighted by Crippen LogP contribution is 2.34. The van der Waals surface area contributed by atoms with Crippen molar-refractivity contribution in [1.29, 1.82) is 0 Å². The Hall–Kier alpha value is -4.06. The van der Waals surface area contributed by atoms with Crippen LogP contribution in [-0.2, 0) is 42.9 Å². The molecular formula is C22H19N3O8S. The van der Waals surface area contributed by atoms with Crippen molar-refractivity contribution in [3.05, 3.63) is 87.3 Å². The molecule has 2 amide bonds. The van der Waals surface area contributed by atoms with Crippen molar-refractivity contribution in [1.82, 2.24) is 10.2 Å². The van der Waals surface area contributed by atoms with Crippen LogP contribution >= 0.6 is 0 Å². The van der Waals surface area contributed by atoms with Gasteiger partial charge >= 0.3 is 5.97 Å². The van der Waals surface area contributed by atoms with Crippen LogP contribution in [-0.4, -0.2) is 54.1 Å². The minimum absolute atomic E-state index is 0.0230. The molecule has 2 heterocycles. The number of aliphatic hydroxyl groups excluding tert-OH is 1. The number of hydrogen-bond donors (Lipinski definition) is 2. The lowest BCUT2D eigenvalue weighted by Crippen LogP contribution is -2.73. The summed E-state index contributed by atoms with van der Waals surface area (Å²) < 4.78 is 17.7. The van der Waals surface area contributed by atoms with Gasteiger partial charge in [0.25, 0.3) is 11.6 Å². The molecule has 12 heteroatoms. The Morgan fingerprint density at radius 3 is 2.47 bits per heavy atom. The van der Waals surface area contributed by atoms with Crippen molar-refractivity contribution < 1.29 is 33.4 Å². The first-order chi connectivity index (χ1) is 16.3. The van der Waals surface area contributed by atoms with Crippen LogP contribution in [0.25, 0.3) is 0 Å². The number of fused-ring (bicyclic) bond motifs is 1. The van der Waals surface area contributed by atoms with E-state index in [1.165, 1.54) is 24.3 Å². The predicted octanol–water partition coefficient (Wildman–Crippen LogP) is 1.07. The number of hydrogen-bond acceptors (Lipinski definition) is 8. The number of ether oxygens (including phenoxy) is 1. The van der Waals surface area contributed by atoms with Gasteiger partial charge in [-0.3, -0.25) is 28.8 Å². The van der Waals surface area contributed by atoms with Crippen LogP contribution in [0.1, 0.15) is 11.1 Å². The number of esters is 1. The summed E-state index contributed by atoms with van der Waals surface area (Å²) in [5, 5.41) is 22.5. The van der Waals surface area contributed by atoms with Crippen LogP contribution in [0.2, 0.25) is 0 Å². The van der Waals surface area contributed by atoms with E-state index in [0.29, 0.717) is 5.56 Å². The Bertz CT molecular complexity index is 1210. The number of carbonyl (C=O) groups excluding carboxylic acids is 3. The molecule has 4 rings (SSSR count). The van der Waals surface area contributed by atoms with Gasteiger partial charge < -0.3 is 15.2 Å². The lowest BCUT2D eigenvalue weighted by atomic mass is 10.0. The molecule has 1 saturated heterocycles. The van der Waals surface area contributed by atoms with Gasteiger partial charge in [0, 0.05) is 12.1 Å². The smallest absolute Gasteiger partial charge is 0.358 e. The summed E-state index contributed by atoms with van der Waals surface area (Å²) in [5.74, 6) is -3.07. The summed E-state index contributed by atoms with van der Waals surface area (Å²) in [6.45, 7) is -0.263. The van der Waals surface area contributed by atoms with Gasteiger partial charge in [-0.1, -0.05) is 30.3 Å². The highest BCUT2D eigenvalue weighted by Gasteiger charge is 2.57. The first-order valence-electron chi connectivity index (χ1n) is 10.1. The molecule has 2 aromatic rings. The number of nitro benzene ring substituents is 1. The summed E-state index contributed by atoms with van der Waals surface area (Å²) in [4.78, 5) is 48.8. The molecule has 0 aliphatic carbocycles. The SMILES string of the molecule is O=C(Cc1ccccc1)NC1C(=O)N2C(C(=O)OCc3ccc([N+](=O)[O-])cc3)=C(O)CS(=O)[C@H]12. The maximum atomic E-state index is 12.7. The van der Waals surface area contributed by atoms with Crippen LogP contribution in [0, 0.1) is 10.1 Å². The lowest BCUT2D eigenvalue weighted by molar-refractivity contribution is -0.384. The van der Waals surface area contributed by atoms with Gasteiger partial charge in [-0.25, -0.2) is 4.79 Å². The Morgan fingerprint density at radius 1 is 1.15 bits per heavy atom. The van der Waals surface area contributed by atoms with Gasteiger partial charge in [-0.05, 0) is 23.3 Å². The maximum Gasteiger partial charge on any atom is 0.358 e. The van der Waals surface area contributed by atoms with E-state index in [2.05, 4.69) is 5.32 Å². The molecule has 2 aliphatic heterocycles. The van der Waals surface area contributed by atoms with Crippen molar-refractivity contribution in [2.75, 3.05) is 5.75 Å². The molecule has 0 spiro atoms. The number of amides is 2. The number of nitrogens with one attached hydrogen (secondary N) is 1. The Kier molecular flexibility index (Phi) is 6.41. The van der Waals surface area contributed by atoms with E-state index in [9.17, 15) is 33.8 Å². The minimum atomic E-state index is -1.75. The first-order valence-corrected chi connectivity index (χ1v) is 11.5. The molecule has 2 N–H and O–H groups in total. The zero-order valence-corrected chi connectivity index (χ0v) is 18.4. The van der Waals surface area contributed by atoms with Gasteiger partial charge in [0.05, 0.1) is 27.9 Å². The van der Waals surface area contributed by atoms with Gasteiger partial charge in [-0.15, -0.1) is 0 Å². The Morgan fingerprint density at radius 2 is 1.82 bits per heavy atom. The molecule has 2 aromatic carbocycles. The predicted molar refractivity (Wildman–Crippen MR) is 118 cm³/mol. The van der Waals surface area contributed by atoms with Crippen LogP contribution in [0.4, 0.5) is 5.69 Å². The van der Waals surface area contributed by atoms with Crippen molar-refractivity contribution >= 4 is 34.3 Å². The van der Waals surface area contributed by atoms with Gasteiger partial charge in [0.15, 0.2) is 5.70 Å². The normalized spacial score (nSPS) is 21.4. The Balaban J connectivity index is 1.42. The molecular weight excluding hydrogens is 466 g/mol. The number of aliphatic hydroxyl groups is 1. The average molecular weight is 485 g/mol. The summed E-state index contributed by atoms with van der Waals surface area (Å²) in [6, 6.07) is 13.1. The molecule has 2 aliphatic rings. The fraction of sp³-hybridized carbons (Fsp3) is 0.227. The molecule has 1 fully saturated rings. The number of nitrogens with zero attached hydrogens (tertiary/aromatic N) is 2. The van der Waals surface area contributed by atoms with Gasteiger partial charge in [0.1, 0.15) is 23.8 Å². The van der Waals surface area contributed by atoms with Crippen LogP contribution in [0.5, 0.6) is 0 Å². The van der Waals surface area contributed by atoms with E-state index in [1.54, 1.807) is 30.3 Å². The number of non-ortho nitro benzene ring substituents is 1. The summed E-state index contributed by atoms with van der Waals surface area (Å²) in [6.07, 6.45) is 0.0230. The van der Waals surface area contributed by atoms with E-state index in [4.69, 9.17) is 4.74 Å². The third kappa shape index (κ3) is 4.53. The number of benzene rings is 2. The van der Waals surface area contributed by atoms with Crippen LogP contribution in [0.3, 0.4) is 0 Å². The zero-order valence-electron chi connectivity index (χ0n) is 17.6. The third-order valence-corrected chi connectivity index (χ3v) is 6.92. The molecule has 2 unspecified atom stereocenters. The second-order valence-electron chi connectivity index (χ2n) is 7.63. The number of nitro groups is 1. The second kappa shape index (κ2) is 9.43. The molecule has 176 valence electrons. The van der Waals surface area contributed by atoms with Gasteiger partial charge in [-0.2, -0.15) is 0 Å². The molecule has 0 aromatic heterocycles. The standard InChI is InChI=1S/C22H19N3O8S/c26-16-12-34(32)21-18(23-17(27)10-13-4-2-1-3-5-13)20(28)24(21)19(16)22(29)33-11-14-6-8-15(9-7-14)25(30)31/h1-9,18,21,26H,10-12H2,(H,23,27)/t18?,21-,34?/m1/s1. The molecule has 0 bridgehead atoms.